The highest BCUT2D eigenvalue weighted by Crippen LogP contribution is 2.46. The number of benzene rings is 1. The largest absolute Gasteiger partial charge is 0.356 e. The predicted octanol–water partition coefficient (Wildman–Crippen LogP) is 3.88. The maximum absolute atomic E-state index is 4.52. The molecule has 2 unspecified atom stereocenters. The molecular formula is C18H25IN4S. The molecule has 0 radical (unpaired) electrons. The second-order valence-electron chi connectivity index (χ2n) is 6.15. The lowest BCUT2D eigenvalue weighted by Gasteiger charge is -2.21. The van der Waals surface area contributed by atoms with Crippen molar-refractivity contribution in [2.45, 2.75) is 25.8 Å². The third kappa shape index (κ3) is 4.92. The van der Waals surface area contributed by atoms with Crippen LogP contribution >= 0.6 is 35.3 Å². The zero-order chi connectivity index (χ0) is 16.2. The van der Waals surface area contributed by atoms with Crippen molar-refractivity contribution in [1.82, 2.24) is 15.2 Å². The Morgan fingerprint density at radius 2 is 2.12 bits per heavy atom. The number of guanidine groups is 1. The Kier molecular flexibility index (Phi) is 7.03. The first-order valence-electron chi connectivity index (χ1n) is 8.05. The molecule has 1 N–H and O–H groups in total. The number of aromatic nitrogens is 1. The molecule has 1 heterocycles. The zero-order valence-corrected chi connectivity index (χ0v) is 17.5. The number of rotatable bonds is 5. The lowest BCUT2D eigenvalue weighted by Crippen LogP contribution is -2.39. The van der Waals surface area contributed by atoms with Crippen molar-refractivity contribution in [2.75, 3.05) is 20.6 Å². The molecule has 1 aromatic heterocycles. The maximum Gasteiger partial charge on any atom is 0.193 e. The van der Waals surface area contributed by atoms with Crippen LogP contribution in [-0.4, -0.2) is 36.5 Å². The fraction of sp³-hybridized carbons (Fsp3) is 0.444. The summed E-state index contributed by atoms with van der Waals surface area (Å²) in [5.41, 5.74) is 2.56. The Bertz CT molecular complexity index is 671. The van der Waals surface area contributed by atoms with Crippen LogP contribution in [0.25, 0.3) is 0 Å². The summed E-state index contributed by atoms with van der Waals surface area (Å²) in [6, 6.07) is 10.8. The van der Waals surface area contributed by atoms with E-state index in [2.05, 4.69) is 63.0 Å². The highest BCUT2D eigenvalue weighted by atomic mass is 127. The highest BCUT2D eigenvalue weighted by Gasteiger charge is 2.37. The van der Waals surface area contributed by atoms with Gasteiger partial charge in [-0.25, -0.2) is 4.98 Å². The molecule has 0 saturated heterocycles. The van der Waals surface area contributed by atoms with Crippen LogP contribution in [0.2, 0.25) is 0 Å². The number of aryl methyl sites for hydroxylation is 1. The van der Waals surface area contributed by atoms with E-state index in [9.17, 15) is 0 Å². The molecule has 24 heavy (non-hydrogen) atoms. The van der Waals surface area contributed by atoms with E-state index < -0.39 is 0 Å². The minimum atomic E-state index is 0. The minimum Gasteiger partial charge on any atom is -0.356 e. The molecule has 6 heteroatoms. The summed E-state index contributed by atoms with van der Waals surface area (Å²) >= 11 is 1.69. The first-order chi connectivity index (χ1) is 11.2. The van der Waals surface area contributed by atoms with Crippen LogP contribution < -0.4 is 5.32 Å². The summed E-state index contributed by atoms with van der Waals surface area (Å²) in [4.78, 5) is 11.0. The van der Waals surface area contributed by atoms with E-state index in [0.29, 0.717) is 11.8 Å². The van der Waals surface area contributed by atoms with Crippen molar-refractivity contribution >= 4 is 41.3 Å². The van der Waals surface area contributed by atoms with E-state index in [4.69, 9.17) is 0 Å². The van der Waals surface area contributed by atoms with E-state index in [-0.39, 0.29) is 24.0 Å². The highest BCUT2D eigenvalue weighted by molar-refractivity contribution is 14.0. The Labute approximate surface area is 165 Å². The number of halogens is 1. The molecule has 2 aromatic rings. The second-order valence-corrected chi connectivity index (χ2v) is 7.22. The molecule has 1 aliphatic rings. The SMILES string of the molecule is CN=C(NCC1CC1c1ccccc1)N(C)Cc1csc(C)n1.I. The molecule has 4 nitrogen and oxygen atoms in total. The Balaban J connectivity index is 0.00000208. The molecule has 1 aliphatic carbocycles. The lowest BCUT2D eigenvalue weighted by molar-refractivity contribution is 0.468. The first-order valence-corrected chi connectivity index (χ1v) is 8.93. The number of hydrogen-bond acceptors (Lipinski definition) is 3. The van der Waals surface area contributed by atoms with Gasteiger partial charge in [0, 0.05) is 26.0 Å². The molecular weight excluding hydrogens is 431 g/mol. The van der Waals surface area contributed by atoms with Crippen LogP contribution in [0.5, 0.6) is 0 Å². The summed E-state index contributed by atoms with van der Waals surface area (Å²) in [5.74, 6) is 2.35. The van der Waals surface area contributed by atoms with Gasteiger partial charge in [-0.2, -0.15) is 0 Å². The van der Waals surface area contributed by atoms with Gasteiger partial charge in [0.15, 0.2) is 5.96 Å². The summed E-state index contributed by atoms with van der Waals surface area (Å²) < 4.78 is 0. The number of hydrogen-bond donors (Lipinski definition) is 1. The maximum atomic E-state index is 4.52. The predicted molar refractivity (Wildman–Crippen MR) is 112 cm³/mol. The van der Waals surface area contributed by atoms with Crippen LogP contribution in [0.15, 0.2) is 40.7 Å². The van der Waals surface area contributed by atoms with E-state index >= 15 is 0 Å². The van der Waals surface area contributed by atoms with Crippen LogP contribution in [0.1, 0.15) is 28.6 Å². The minimum absolute atomic E-state index is 0. The summed E-state index contributed by atoms with van der Waals surface area (Å²) in [6.45, 7) is 3.81. The average molecular weight is 456 g/mol. The van der Waals surface area contributed by atoms with Crippen molar-refractivity contribution in [3.05, 3.63) is 52.0 Å². The fourth-order valence-corrected chi connectivity index (χ4v) is 3.59. The molecule has 130 valence electrons. The molecule has 0 amide bonds. The number of nitrogens with one attached hydrogen (secondary N) is 1. The van der Waals surface area contributed by atoms with Gasteiger partial charge in [-0.15, -0.1) is 35.3 Å². The van der Waals surface area contributed by atoms with Gasteiger partial charge in [0.05, 0.1) is 17.2 Å². The fourth-order valence-electron chi connectivity index (χ4n) is 2.99. The average Bonchev–Trinajstić information content (AvgIpc) is 3.23. The Hall–Kier alpha value is -1.15. The van der Waals surface area contributed by atoms with Crippen LogP contribution in [0.3, 0.4) is 0 Å². The summed E-state index contributed by atoms with van der Waals surface area (Å²) in [5, 5.41) is 6.74. The van der Waals surface area contributed by atoms with Gasteiger partial charge in [-0.05, 0) is 30.7 Å². The topological polar surface area (TPSA) is 40.5 Å². The normalized spacial score (nSPS) is 19.5. The lowest BCUT2D eigenvalue weighted by atomic mass is 10.1. The molecule has 1 fully saturated rings. The third-order valence-electron chi connectivity index (χ3n) is 4.31. The second kappa shape index (κ2) is 8.80. The van der Waals surface area contributed by atoms with Crippen molar-refractivity contribution in [1.29, 1.82) is 0 Å². The third-order valence-corrected chi connectivity index (χ3v) is 5.13. The number of nitrogens with zero attached hydrogens (tertiary/aromatic N) is 3. The van der Waals surface area contributed by atoms with Crippen molar-refractivity contribution < 1.29 is 0 Å². The number of thiazole rings is 1. The van der Waals surface area contributed by atoms with Crippen LogP contribution in [0.4, 0.5) is 0 Å². The quantitative estimate of drug-likeness (QED) is 0.422. The monoisotopic (exact) mass is 456 g/mol. The molecule has 1 aromatic carbocycles. The molecule has 0 aliphatic heterocycles. The van der Waals surface area contributed by atoms with E-state index in [1.807, 2.05) is 14.0 Å². The molecule has 0 spiro atoms. The van der Waals surface area contributed by atoms with Gasteiger partial charge in [0.1, 0.15) is 0 Å². The van der Waals surface area contributed by atoms with Crippen molar-refractivity contribution in [3.8, 4) is 0 Å². The van der Waals surface area contributed by atoms with Gasteiger partial charge in [0.2, 0.25) is 0 Å². The van der Waals surface area contributed by atoms with E-state index in [1.54, 1.807) is 11.3 Å². The summed E-state index contributed by atoms with van der Waals surface area (Å²) in [6.07, 6.45) is 1.27. The van der Waals surface area contributed by atoms with Crippen molar-refractivity contribution in [3.63, 3.8) is 0 Å². The van der Waals surface area contributed by atoms with Gasteiger partial charge in [-0.3, -0.25) is 4.99 Å². The molecule has 3 rings (SSSR count). The molecule has 0 bridgehead atoms. The summed E-state index contributed by atoms with van der Waals surface area (Å²) in [7, 11) is 3.90. The smallest absolute Gasteiger partial charge is 0.193 e. The Morgan fingerprint density at radius 3 is 2.75 bits per heavy atom. The van der Waals surface area contributed by atoms with E-state index in [1.165, 1.54) is 12.0 Å². The van der Waals surface area contributed by atoms with Crippen LogP contribution in [0, 0.1) is 12.8 Å². The van der Waals surface area contributed by atoms with Crippen molar-refractivity contribution in [2.24, 2.45) is 10.9 Å². The van der Waals surface area contributed by atoms with E-state index in [0.717, 1.165) is 29.8 Å². The van der Waals surface area contributed by atoms with Gasteiger partial charge in [-0.1, -0.05) is 30.3 Å². The standard InChI is InChI=1S/C18H24N4S.HI/c1-13-21-16(12-23-13)11-22(3)18(19-2)20-10-15-9-17(15)14-7-5-4-6-8-14;/h4-8,12,15,17H,9-11H2,1-3H3,(H,19,20);1H. The first kappa shape index (κ1) is 19.2. The van der Waals surface area contributed by atoms with Crippen LogP contribution in [-0.2, 0) is 6.54 Å². The Morgan fingerprint density at radius 1 is 1.38 bits per heavy atom. The molecule has 1 saturated carbocycles. The van der Waals surface area contributed by atoms with Gasteiger partial charge in [0.25, 0.3) is 0 Å². The van der Waals surface area contributed by atoms with Gasteiger partial charge < -0.3 is 10.2 Å². The number of aliphatic imine (C=N–C) groups is 1. The zero-order valence-electron chi connectivity index (χ0n) is 14.4. The molecule has 2 atom stereocenters. The van der Waals surface area contributed by atoms with Gasteiger partial charge >= 0.3 is 0 Å².